The number of pyridine rings is 1. The van der Waals surface area contributed by atoms with Gasteiger partial charge in [0.05, 0.1) is 29.6 Å². The van der Waals surface area contributed by atoms with Crippen molar-refractivity contribution in [2.75, 3.05) is 12.4 Å². The molecule has 0 aliphatic heterocycles. The van der Waals surface area contributed by atoms with Crippen LogP contribution in [0.3, 0.4) is 0 Å². The molecule has 3 N–H and O–H groups in total. The first kappa shape index (κ1) is 24.8. The Labute approximate surface area is 202 Å². The maximum absolute atomic E-state index is 14.5. The van der Waals surface area contributed by atoms with Crippen LogP contribution in [0.4, 0.5) is 23.5 Å². The van der Waals surface area contributed by atoms with E-state index in [0.717, 1.165) is 24.4 Å². The minimum atomic E-state index is -4.65. The number of amides is 2. The fraction of sp³-hybridized carbons (Fsp3) is 0.261. The molecule has 2 aromatic heterocycles. The number of nitrogens with one attached hydrogen (secondary N) is 3. The summed E-state index contributed by atoms with van der Waals surface area (Å²) in [5.41, 5.74) is -2.14. The van der Waals surface area contributed by atoms with E-state index in [0.29, 0.717) is 18.8 Å². The molecule has 3 aromatic rings. The molecule has 1 aliphatic carbocycles. The molecule has 0 bridgehead atoms. The van der Waals surface area contributed by atoms with Gasteiger partial charge in [-0.15, -0.1) is 0 Å². The second kappa shape index (κ2) is 9.76. The largest absolute Gasteiger partial charge is 0.455 e. The first-order chi connectivity index (χ1) is 17.1. The molecule has 0 spiro atoms. The molecule has 1 fully saturated rings. The van der Waals surface area contributed by atoms with Crippen LogP contribution in [-0.4, -0.2) is 39.4 Å². The number of ether oxygens (including phenoxy) is 1. The molecule has 36 heavy (non-hydrogen) atoms. The molecule has 0 saturated heterocycles. The number of benzene rings is 1. The average molecular weight is 504 g/mol. The van der Waals surface area contributed by atoms with Crippen LogP contribution in [0.5, 0.6) is 11.5 Å². The number of rotatable bonds is 8. The molecule has 1 aromatic carbocycles. The topological polar surface area (TPSA) is 118 Å². The predicted molar refractivity (Wildman–Crippen MR) is 119 cm³/mol. The van der Waals surface area contributed by atoms with E-state index in [4.69, 9.17) is 4.74 Å². The average Bonchev–Trinajstić information content (AvgIpc) is 3.63. The molecule has 9 nitrogen and oxygen atoms in total. The first-order valence-corrected chi connectivity index (χ1v) is 10.7. The Kier molecular flexibility index (Phi) is 6.73. The fourth-order valence-corrected chi connectivity index (χ4v) is 3.28. The van der Waals surface area contributed by atoms with Gasteiger partial charge in [-0.05, 0) is 25.0 Å². The fourth-order valence-electron chi connectivity index (χ4n) is 3.28. The second-order valence-electron chi connectivity index (χ2n) is 7.96. The minimum absolute atomic E-state index is 0.155. The third-order valence-corrected chi connectivity index (χ3v) is 5.40. The van der Waals surface area contributed by atoms with Gasteiger partial charge in [-0.3, -0.25) is 14.6 Å². The summed E-state index contributed by atoms with van der Waals surface area (Å²) < 4.78 is 59.1. The van der Waals surface area contributed by atoms with Crippen molar-refractivity contribution in [2.24, 2.45) is 0 Å². The van der Waals surface area contributed by atoms with Crippen LogP contribution in [0, 0.1) is 5.82 Å². The van der Waals surface area contributed by atoms with E-state index >= 15 is 0 Å². The number of carbonyl (C=O) groups is 2. The number of carbonyl (C=O) groups excluding carboxylic acids is 2. The standard InChI is InChI=1S/C23H20F4N6O3/c1-28-21-31-9-13(10-32-21)19(34)33-22(6-7-22)20(35)30-12-17-16(24)8-14(11-29-17)36-18-5-3-2-4-15(18)23(25,26)27/h2-5,8-11H,6-7,12H2,1H3,(H,30,35)(H,33,34)(H,28,31,32). The molecule has 1 saturated carbocycles. The van der Waals surface area contributed by atoms with Crippen LogP contribution >= 0.6 is 0 Å². The van der Waals surface area contributed by atoms with E-state index in [1.165, 1.54) is 24.5 Å². The Hall–Kier alpha value is -4.29. The molecule has 0 unspecified atom stereocenters. The zero-order valence-electron chi connectivity index (χ0n) is 18.8. The van der Waals surface area contributed by atoms with Gasteiger partial charge in [-0.2, -0.15) is 13.2 Å². The summed E-state index contributed by atoms with van der Waals surface area (Å²) in [5, 5.41) is 7.90. The van der Waals surface area contributed by atoms with Gasteiger partial charge in [0.1, 0.15) is 22.9 Å². The second-order valence-corrected chi connectivity index (χ2v) is 7.96. The number of hydrogen-bond acceptors (Lipinski definition) is 7. The van der Waals surface area contributed by atoms with Crippen LogP contribution in [-0.2, 0) is 17.5 Å². The van der Waals surface area contributed by atoms with Gasteiger partial charge in [0, 0.05) is 25.5 Å². The summed E-state index contributed by atoms with van der Waals surface area (Å²) in [7, 11) is 1.63. The van der Waals surface area contributed by atoms with Gasteiger partial charge in [0.25, 0.3) is 5.91 Å². The van der Waals surface area contributed by atoms with E-state index in [1.54, 1.807) is 7.05 Å². The number of aromatic nitrogens is 3. The van der Waals surface area contributed by atoms with Crippen LogP contribution < -0.4 is 20.7 Å². The zero-order chi connectivity index (χ0) is 25.9. The van der Waals surface area contributed by atoms with Crippen molar-refractivity contribution >= 4 is 17.8 Å². The van der Waals surface area contributed by atoms with Gasteiger partial charge >= 0.3 is 6.18 Å². The van der Waals surface area contributed by atoms with Crippen molar-refractivity contribution in [1.29, 1.82) is 0 Å². The van der Waals surface area contributed by atoms with E-state index in [2.05, 4.69) is 30.9 Å². The van der Waals surface area contributed by atoms with Crippen molar-refractivity contribution in [2.45, 2.75) is 31.1 Å². The number of para-hydroxylation sites is 1. The van der Waals surface area contributed by atoms with Crippen molar-refractivity contribution in [3.63, 3.8) is 0 Å². The third kappa shape index (κ3) is 5.50. The Morgan fingerprint density at radius 3 is 2.39 bits per heavy atom. The van der Waals surface area contributed by atoms with Crippen molar-refractivity contribution in [3.8, 4) is 11.5 Å². The van der Waals surface area contributed by atoms with Crippen molar-refractivity contribution in [1.82, 2.24) is 25.6 Å². The normalized spacial score (nSPS) is 14.0. The van der Waals surface area contributed by atoms with Gasteiger partial charge < -0.3 is 20.7 Å². The summed E-state index contributed by atoms with van der Waals surface area (Å²) in [5.74, 6) is -2.34. The molecule has 0 radical (unpaired) electrons. The number of halogens is 4. The lowest BCUT2D eigenvalue weighted by atomic mass is 10.2. The van der Waals surface area contributed by atoms with Gasteiger partial charge in [-0.1, -0.05) is 12.1 Å². The highest BCUT2D eigenvalue weighted by Gasteiger charge is 2.51. The van der Waals surface area contributed by atoms with E-state index in [9.17, 15) is 27.2 Å². The summed E-state index contributed by atoms with van der Waals surface area (Å²) in [6, 6.07) is 5.41. The maximum Gasteiger partial charge on any atom is 0.419 e. The smallest absolute Gasteiger partial charge is 0.419 e. The van der Waals surface area contributed by atoms with Crippen molar-refractivity contribution in [3.05, 3.63) is 71.6 Å². The zero-order valence-corrected chi connectivity index (χ0v) is 18.8. The van der Waals surface area contributed by atoms with Gasteiger partial charge in [0.2, 0.25) is 11.9 Å². The highest BCUT2D eigenvalue weighted by Crippen LogP contribution is 2.38. The molecule has 0 atom stereocenters. The highest BCUT2D eigenvalue weighted by atomic mass is 19.4. The van der Waals surface area contributed by atoms with Gasteiger partial charge in [-0.25, -0.2) is 14.4 Å². The predicted octanol–water partition coefficient (Wildman–Crippen LogP) is 3.44. The molecule has 1 aliphatic rings. The van der Waals surface area contributed by atoms with Crippen LogP contribution in [0.1, 0.15) is 34.5 Å². The summed E-state index contributed by atoms with van der Waals surface area (Å²) in [6.07, 6.45) is -0.176. The minimum Gasteiger partial charge on any atom is -0.455 e. The number of hydrogen-bond donors (Lipinski definition) is 3. The Morgan fingerprint density at radius 2 is 1.78 bits per heavy atom. The molecule has 4 rings (SSSR count). The number of nitrogens with zero attached hydrogens (tertiary/aromatic N) is 3. The lowest BCUT2D eigenvalue weighted by Crippen LogP contribution is -2.49. The summed E-state index contributed by atoms with van der Waals surface area (Å²) in [6.45, 7) is -0.304. The molecular formula is C23H20F4N6O3. The lowest BCUT2D eigenvalue weighted by Gasteiger charge is -2.17. The SMILES string of the molecule is CNc1ncc(C(=O)NC2(C(=O)NCc3ncc(Oc4ccccc4C(F)(F)F)cc3F)CC2)cn1. The lowest BCUT2D eigenvalue weighted by molar-refractivity contribution is -0.138. The third-order valence-electron chi connectivity index (χ3n) is 5.40. The highest BCUT2D eigenvalue weighted by molar-refractivity contribution is 6.00. The van der Waals surface area contributed by atoms with E-state index < -0.39 is 40.7 Å². The Morgan fingerprint density at radius 1 is 1.08 bits per heavy atom. The Balaban J connectivity index is 1.37. The Bertz CT molecular complexity index is 1280. The summed E-state index contributed by atoms with van der Waals surface area (Å²) >= 11 is 0. The molecule has 2 amide bonds. The van der Waals surface area contributed by atoms with Crippen LogP contribution in [0.25, 0.3) is 0 Å². The van der Waals surface area contributed by atoms with Crippen LogP contribution in [0.2, 0.25) is 0 Å². The maximum atomic E-state index is 14.5. The molecule has 13 heteroatoms. The van der Waals surface area contributed by atoms with Crippen LogP contribution in [0.15, 0.2) is 48.9 Å². The molecular weight excluding hydrogens is 484 g/mol. The quantitative estimate of drug-likeness (QED) is 0.402. The monoisotopic (exact) mass is 504 g/mol. The van der Waals surface area contributed by atoms with E-state index in [1.807, 2.05) is 0 Å². The molecule has 2 heterocycles. The van der Waals surface area contributed by atoms with Crippen molar-refractivity contribution < 1.29 is 31.9 Å². The first-order valence-electron chi connectivity index (χ1n) is 10.7. The van der Waals surface area contributed by atoms with Gasteiger partial charge in [0.15, 0.2) is 0 Å². The number of anilines is 1. The summed E-state index contributed by atoms with van der Waals surface area (Å²) in [4.78, 5) is 36.9. The number of alkyl halides is 3. The van der Waals surface area contributed by atoms with E-state index in [-0.39, 0.29) is 23.6 Å². The molecule has 188 valence electrons.